The molecule has 6 heteroatoms. The number of aliphatic carboxylic acids is 1. The van der Waals surface area contributed by atoms with Gasteiger partial charge >= 0.3 is 5.97 Å². The van der Waals surface area contributed by atoms with Crippen LogP contribution in [0.1, 0.15) is 45.4 Å². The molecule has 1 amide bonds. The first-order valence-electron chi connectivity index (χ1n) is 7.37. The van der Waals surface area contributed by atoms with Gasteiger partial charge < -0.3 is 10.4 Å². The fourth-order valence-corrected chi connectivity index (χ4v) is 2.59. The third-order valence-electron chi connectivity index (χ3n) is 3.97. The quantitative estimate of drug-likeness (QED) is 0.604. The summed E-state index contributed by atoms with van der Waals surface area (Å²) in [6.45, 7) is 2.04. The van der Waals surface area contributed by atoms with Crippen molar-refractivity contribution in [1.29, 1.82) is 0 Å². The van der Waals surface area contributed by atoms with E-state index < -0.39 is 12.0 Å². The van der Waals surface area contributed by atoms with E-state index in [1.807, 2.05) is 6.92 Å². The van der Waals surface area contributed by atoms with Gasteiger partial charge in [0, 0.05) is 6.04 Å². The molecule has 0 bridgehead atoms. The second-order valence-electron chi connectivity index (χ2n) is 5.83. The molecular weight excluding hydrogens is 280 g/mol. The van der Waals surface area contributed by atoms with E-state index in [9.17, 15) is 9.59 Å². The Morgan fingerprint density at radius 3 is 2.15 bits per heavy atom. The van der Waals surface area contributed by atoms with Crippen molar-refractivity contribution in [2.45, 2.75) is 57.5 Å². The van der Waals surface area contributed by atoms with E-state index in [1.165, 1.54) is 25.7 Å². The number of carboxylic acids is 1. The topological polar surface area (TPSA) is 78.4 Å². The fourth-order valence-electron chi connectivity index (χ4n) is 2.59. The smallest absolute Gasteiger partial charge is 0.320 e. The van der Waals surface area contributed by atoms with Crippen LogP contribution in [-0.4, -0.2) is 35.6 Å². The van der Waals surface area contributed by atoms with Gasteiger partial charge in [0.05, 0.1) is 6.54 Å². The average molecular weight is 305 g/mol. The van der Waals surface area contributed by atoms with Crippen molar-refractivity contribution in [2.75, 3.05) is 6.54 Å². The van der Waals surface area contributed by atoms with Crippen LogP contribution >= 0.6 is 12.4 Å². The van der Waals surface area contributed by atoms with Crippen molar-refractivity contribution >= 4 is 24.3 Å². The molecule has 0 aliphatic heterocycles. The summed E-state index contributed by atoms with van der Waals surface area (Å²) < 4.78 is 0. The molecule has 0 spiro atoms. The van der Waals surface area contributed by atoms with Gasteiger partial charge in [0.25, 0.3) is 0 Å². The second-order valence-corrected chi connectivity index (χ2v) is 5.83. The van der Waals surface area contributed by atoms with E-state index >= 15 is 0 Å². The van der Waals surface area contributed by atoms with Crippen LogP contribution in [0.5, 0.6) is 0 Å². The predicted octanol–water partition coefficient (Wildman–Crippen LogP) is 1.56. The monoisotopic (exact) mass is 304 g/mol. The number of hydrogen-bond donors (Lipinski definition) is 3. The SMILES string of the molecule is CCCC(NCC(=O)NC(C1CC1)C1CC1)C(=O)O.Cl. The molecule has 2 rings (SSSR count). The van der Waals surface area contributed by atoms with Gasteiger partial charge in [-0.3, -0.25) is 14.9 Å². The van der Waals surface area contributed by atoms with E-state index in [4.69, 9.17) is 5.11 Å². The molecule has 3 N–H and O–H groups in total. The Labute approximate surface area is 126 Å². The minimum Gasteiger partial charge on any atom is -0.480 e. The van der Waals surface area contributed by atoms with Crippen LogP contribution in [0.3, 0.4) is 0 Å². The Hall–Kier alpha value is -0.810. The number of nitrogens with one attached hydrogen (secondary N) is 2. The minimum absolute atomic E-state index is 0. The summed E-state index contributed by atoms with van der Waals surface area (Å²) >= 11 is 0. The summed E-state index contributed by atoms with van der Waals surface area (Å²) in [7, 11) is 0. The lowest BCUT2D eigenvalue weighted by Gasteiger charge is -2.19. The molecule has 0 aromatic rings. The van der Waals surface area contributed by atoms with Crippen molar-refractivity contribution in [2.24, 2.45) is 11.8 Å². The largest absolute Gasteiger partial charge is 0.480 e. The zero-order valence-electron chi connectivity index (χ0n) is 11.9. The molecular formula is C14H25ClN2O3. The Kier molecular flexibility index (Phi) is 6.76. The highest BCUT2D eigenvalue weighted by Gasteiger charge is 2.42. The molecule has 2 aliphatic rings. The number of halogens is 1. The first-order valence-corrected chi connectivity index (χ1v) is 7.37. The molecule has 2 saturated carbocycles. The van der Waals surface area contributed by atoms with Crippen LogP contribution in [0.25, 0.3) is 0 Å². The molecule has 2 fully saturated rings. The van der Waals surface area contributed by atoms with Gasteiger partial charge in [0.1, 0.15) is 6.04 Å². The van der Waals surface area contributed by atoms with Crippen LogP contribution in [-0.2, 0) is 9.59 Å². The highest BCUT2D eigenvalue weighted by Crippen LogP contribution is 2.44. The molecule has 20 heavy (non-hydrogen) atoms. The van der Waals surface area contributed by atoms with Gasteiger partial charge in [0.2, 0.25) is 5.91 Å². The first kappa shape index (κ1) is 17.2. The van der Waals surface area contributed by atoms with Crippen LogP contribution in [0, 0.1) is 11.8 Å². The van der Waals surface area contributed by atoms with Crippen LogP contribution in [0.2, 0.25) is 0 Å². The maximum absolute atomic E-state index is 11.9. The summed E-state index contributed by atoms with van der Waals surface area (Å²) in [5, 5.41) is 14.9. The number of carboxylic acid groups (broad SMARTS) is 1. The van der Waals surface area contributed by atoms with Crippen LogP contribution < -0.4 is 10.6 Å². The molecule has 5 nitrogen and oxygen atoms in total. The Balaban J connectivity index is 0.00000200. The molecule has 0 saturated heterocycles. The Morgan fingerprint density at radius 1 is 1.20 bits per heavy atom. The maximum Gasteiger partial charge on any atom is 0.320 e. The zero-order chi connectivity index (χ0) is 13.8. The fraction of sp³-hybridized carbons (Fsp3) is 0.857. The summed E-state index contributed by atoms with van der Waals surface area (Å²) in [5.41, 5.74) is 0. The normalized spacial score (nSPS) is 19.3. The molecule has 0 aromatic heterocycles. The molecule has 0 heterocycles. The maximum atomic E-state index is 11.9. The van der Waals surface area contributed by atoms with E-state index in [0.717, 1.165) is 6.42 Å². The molecule has 116 valence electrons. The van der Waals surface area contributed by atoms with Crippen molar-refractivity contribution in [3.05, 3.63) is 0 Å². The molecule has 1 unspecified atom stereocenters. The average Bonchev–Trinajstić information content (AvgIpc) is 3.24. The zero-order valence-corrected chi connectivity index (χ0v) is 12.7. The van der Waals surface area contributed by atoms with Gasteiger partial charge in [-0.15, -0.1) is 12.4 Å². The number of amides is 1. The van der Waals surface area contributed by atoms with Gasteiger partial charge in [-0.1, -0.05) is 13.3 Å². The number of hydrogen-bond acceptors (Lipinski definition) is 3. The van der Waals surface area contributed by atoms with E-state index in [-0.39, 0.29) is 24.9 Å². The number of rotatable bonds is 9. The van der Waals surface area contributed by atoms with Crippen molar-refractivity contribution < 1.29 is 14.7 Å². The minimum atomic E-state index is -0.879. The summed E-state index contributed by atoms with van der Waals surface area (Å²) in [6.07, 6.45) is 6.24. The van der Waals surface area contributed by atoms with Crippen molar-refractivity contribution in [3.8, 4) is 0 Å². The highest BCUT2D eigenvalue weighted by atomic mass is 35.5. The first-order chi connectivity index (χ1) is 9.11. The molecule has 0 radical (unpaired) electrons. The standard InChI is InChI=1S/C14H24N2O3.ClH/c1-2-3-11(14(18)19)15-8-12(17)16-13(9-4-5-9)10-6-7-10;/h9-11,13,15H,2-8H2,1H3,(H,16,17)(H,18,19);1H. The van der Waals surface area contributed by atoms with Gasteiger partial charge in [0.15, 0.2) is 0 Å². The highest BCUT2D eigenvalue weighted by molar-refractivity contribution is 5.85. The van der Waals surface area contributed by atoms with E-state index in [2.05, 4.69) is 10.6 Å². The molecule has 1 atom stereocenters. The Morgan fingerprint density at radius 2 is 1.75 bits per heavy atom. The van der Waals surface area contributed by atoms with Gasteiger partial charge in [-0.25, -0.2) is 0 Å². The molecule has 2 aliphatic carbocycles. The molecule has 0 aromatic carbocycles. The second kappa shape index (κ2) is 7.84. The van der Waals surface area contributed by atoms with Crippen LogP contribution in [0.15, 0.2) is 0 Å². The lowest BCUT2D eigenvalue weighted by atomic mass is 10.1. The van der Waals surface area contributed by atoms with E-state index in [0.29, 0.717) is 24.3 Å². The lowest BCUT2D eigenvalue weighted by Crippen LogP contribution is -2.46. The summed E-state index contributed by atoms with van der Waals surface area (Å²) in [5.74, 6) is 0.395. The van der Waals surface area contributed by atoms with Gasteiger partial charge in [-0.2, -0.15) is 0 Å². The Bertz CT molecular complexity index is 331. The third-order valence-corrected chi connectivity index (χ3v) is 3.97. The summed E-state index contributed by atoms with van der Waals surface area (Å²) in [6, 6.07) is -0.278. The number of carbonyl (C=O) groups excluding carboxylic acids is 1. The van der Waals surface area contributed by atoms with E-state index in [1.54, 1.807) is 0 Å². The van der Waals surface area contributed by atoms with Gasteiger partial charge in [-0.05, 0) is 43.9 Å². The lowest BCUT2D eigenvalue weighted by molar-refractivity contribution is -0.139. The third kappa shape index (κ3) is 5.29. The predicted molar refractivity (Wildman–Crippen MR) is 79.0 cm³/mol. The van der Waals surface area contributed by atoms with Crippen LogP contribution in [0.4, 0.5) is 0 Å². The van der Waals surface area contributed by atoms with Crippen molar-refractivity contribution in [1.82, 2.24) is 10.6 Å². The number of carbonyl (C=O) groups is 2. The van der Waals surface area contributed by atoms with Crippen molar-refractivity contribution in [3.63, 3.8) is 0 Å². The summed E-state index contributed by atoms with van der Waals surface area (Å²) in [4.78, 5) is 22.8.